The Morgan fingerprint density at radius 1 is 1.12 bits per heavy atom. The molecule has 0 fully saturated rings. The molecule has 0 bridgehead atoms. The number of allylic oxidation sites excluding steroid dienone is 2. The fraction of sp³-hybridized carbons (Fsp3) is 0.269. The summed E-state index contributed by atoms with van der Waals surface area (Å²) in [7, 11) is 0. The normalized spacial score (nSPS) is 18.9. The summed E-state index contributed by atoms with van der Waals surface area (Å²) in [5.74, 6) is 0.500. The number of aromatic nitrogens is 2. The first-order chi connectivity index (χ1) is 15.7. The number of fused-ring (bicyclic) bond motifs is 1. The van der Waals surface area contributed by atoms with Crippen molar-refractivity contribution in [2.75, 3.05) is 10.6 Å². The zero-order chi connectivity index (χ0) is 23.3. The molecule has 1 amide bonds. The second-order valence-electron chi connectivity index (χ2n) is 9.62. The number of aromatic hydroxyl groups is 1. The maximum absolute atomic E-state index is 13.2. The minimum Gasteiger partial charge on any atom is -0.508 e. The highest BCUT2D eigenvalue weighted by molar-refractivity contribution is 6.08. The van der Waals surface area contributed by atoms with Crippen LogP contribution in [-0.4, -0.2) is 26.6 Å². The summed E-state index contributed by atoms with van der Waals surface area (Å²) in [5, 5.41) is 20.6. The first kappa shape index (κ1) is 21.0. The number of ketones is 1. The molecule has 0 saturated carbocycles. The van der Waals surface area contributed by atoms with Crippen LogP contribution in [0.25, 0.3) is 0 Å². The molecule has 2 aromatic carbocycles. The van der Waals surface area contributed by atoms with Gasteiger partial charge in [0.1, 0.15) is 23.2 Å². The molecular formula is C26H26N4O3. The van der Waals surface area contributed by atoms with Crippen molar-refractivity contribution in [2.24, 2.45) is 5.41 Å². The molecule has 0 saturated heterocycles. The van der Waals surface area contributed by atoms with Gasteiger partial charge in [-0.2, -0.15) is 5.10 Å². The Bertz CT molecular complexity index is 1280. The van der Waals surface area contributed by atoms with E-state index in [4.69, 9.17) is 0 Å². The molecule has 7 heteroatoms. The van der Waals surface area contributed by atoms with Crippen LogP contribution in [0, 0.1) is 12.3 Å². The third-order valence-electron chi connectivity index (χ3n) is 6.27. The second kappa shape index (κ2) is 7.62. The number of aryl methyl sites for hydroxylation is 1. The van der Waals surface area contributed by atoms with Crippen LogP contribution in [0.15, 0.2) is 66.0 Å². The Kier molecular flexibility index (Phi) is 4.85. The first-order valence-corrected chi connectivity index (χ1v) is 11.0. The van der Waals surface area contributed by atoms with Crippen molar-refractivity contribution in [3.63, 3.8) is 0 Å². The number of phenols is 1. The number of Topliss-reactive ketones (excluding diaryl/α,β-unsaturated/α-hetero) is 1. The van der Waals surface area contributed by atoms with Crippen LogP contribution < -0.4 is 10.6 Å². The molecule has 3 aromatic rings. The van der Waals surface area contributed by atoms with Crippen molar-refractivity contribution >= 4 is 23.2 Å². The predicted octanol–water partition coefficient (Wildman–Crippen LogP) is 4.81. The molecule has 1 aliphatic heterocycles. The number of benzene rings is 2. The van der Waals surface area contributed by atoms with Gasteiger partial charge in [-0.25, -0.2) is 4.68 Å². The molecule has 3 N–H and O–H groups in total. The third kappa shape index (κ3) is 3.80. The Morgan fingerprint density at radius 2 is 1.82 bits per heavy atom. The molecule has 1 unspecified atom stereocenters. The Hall–Kier alpha value is -3.87. The van der Waals surface area contributed by atoms with Crippen molar-refractivity contribution in [2.45, 2.75) is 39.7 Å². The van der Waals surface area contributed by atoms with Crippen molar-refractivity contribution in [3.05, 3.63) is 82.7 Å². The topological polar surface area (TPSA) is 96.3 Å². The number of nitrogens with zero attached hydrogens (tertiary/aromatic N) is 2. The summed E-state index contributed by atoms with van der Waals surface area (Å²) in [4.78, 5) is 26.4. The minimum atomic E-state index is -0.471. The van der Waals surface area contributed by atoms with E-state index in [1.54, 1.807) is 28.9 Å². The number of hydrogen-bond acceptors (Lipinski definition) is 5. The SMILES string of the molecule is Cc1ccc(NC(=O)c2cnn3c2NC2=C(C(=O)CC(C)(C)C2)C3c2ccc(O)cc2)cc1. The molecule has 1 aromatic heterocycles. The molecule has 2 aliphatic rings. The van der Waals surface area contributed by atoms with Crippen LogP contribution in [-0.2, 0) is 4.79 Å². The number of anilines is 2. The number of nitrogens with one attached hydrogen (secondary N) is 2. The van der Waals surface area contributed by atoms with Gasteiger partial charge in [0.25, 0.3) is 5.91 Å². The summed E-state index contributed by atoms with van der Waals surface area (Å²) < 4.78 is 1.70. The van der Waals surface area contributed by atoms with Gasteiger partial charge in [-0.05, 0) is 48.6 Å². The second-order valence-corrected chi connectivity index (χ2v) is 9.62. The summed E-state index contributed by atoms with van der Waals surface area (Å²) in [5.41, 5.74) is 4.34. The zero-order valence-corrected chi connectivity index (χ0v) is 18.8. The van der Waals surface area contributed by atoms with Crippen molar-refractivity contribution < 1.29 is 14.7 Å². The van der Waals surface area contributed by atoms with Crippen LogP contribution in [0.3, 0.4) is 0 Å². The fourth-order valence-corrected chi connectivity index (χ4v) is 4.68. The first-order valence-electron chi connectivity index (χ1n) is 11.0. The van der Waals surface area contributed by atoms with Crippen LogP contribution in [0.2, 0.25) is 0 Å². The molecule has 2 heterocycles. The average molecular weight is 443 g/mol. The number of amides is 1. The number of phenolic OH excluding ortho intramolecular Hbond substituents is 1. The molecule has 1 atom stereocenters. The lowest BCUT2D eigenvalue weighted by atomic mass is 9.73. The monoisotopic (exact) mass is 442 g/mol. The summed E-state index contributed by atoms with van der Waals surface area (Å²) in [6, 6.07) is 13.9. The Labute approximate surface area is 192 Å². The molecule has 7 nitrogen and oxygen atoms in total. The maximum Gasteiger partial charge on any atom is 0.261 e. The number of carbonyl (C=O) groups excluding carboxylic acids is 2. The zero-order valence-electron chi connectivity index (χ0n) is 18.8. The Balaban J connectivity index is 1.58. The lowest BCUT2D eigenvalue weighted by Crippen LogP contribution is -2.36. The van der Waals surface area contributed by atoms with Gasteiger partial charge in [-0.15, -0.1) is 0 Å². The standard InChI is InChI=1S/C26H26N4O3/c1-15-4-8-17(9-5-15)28-25(33)19-14-27-30-23(16-6-10-18(31)11-7-16)22-20(29-24(19)30)12-26(2,3)13-21(22)32/h4-11,14,23,29,31H,12-13H2,1-3H3,(H,28,33). The van der Waals surface area contributed by atoms with E-state index >= 15 is 0 Å². The maximum atomic E-state index is 13.2. The lowest BCUT2D eigenvalue weighted by Gasteiger charge is -2.39. The summed E-state index contributed by atoms with van der Waals surface area (Å²) >= 11 is 0. The van der Waals surface area contributed by atoms with E-state index < -0.39 is 6.04 Å². The molecule has 1 aliphatic carbocycles. The van der Waals surface area contributed by atoms with Gasteiger partial charge >= 0.3 is 0 Å². The van der Waals surface area contributed by atoms with Gasteiger partial charge in [-0.1, -0.05) is 43.7 Å². The van der Waals surface area contributed by atoms with Crippen molar-refractivity contribution in [1.29, 1.82) is 0 Å². The predicted molar refractivity (Wildman–Crippen MR) is 126 cm³/mol. The smallest absolute Gasteiger partial charge is 0.261 e. The highest BCUT2D eigenvalue weighted by Crippen LogP contribution is 2.46. The van der Waals surface area contributed by atoms with Crippen LogP contribution in [0.4, 0.5) is 11.5 Å². The van der Waals surface area contributed by atoms with Gasteiger partial charge in [0.05, 0.1) is 6.20 Å². The Morgan fingerprint density at radius 3 is 2.52 bits per heavy atom. The van der Waals surface area contributed by atoms with E-state index in [-0.39, 0.29) is 22.9 Å². The van der Waals surface area contributed by atoms with E-state index in [0.717, 1.165) is 16.8 Å². The van der Waals surface area contributed by atoms with E-state index in [9.17, 15) is 14.7 Å². The van der Waals surface area contributed by atoms with Gasteiger partial charge in [0.2, 0.25) is 0 Å². The van der Waals surface area contributed by atoms with E-state index in [1.807, 2.05) is 31.2 Å². The molecule has 0 radical (unpaired) electrons. The number of rotatable bonds is 3. The van der Waals surface area contributed by atoms with E-state index in [1.165, 1.54) is 6.20 Å². The summed E-state index contributed by atoms with van der Waals surface area (Å²) in [6.07, 6.45) is 2.67. The van der Waals surface area contributed by atoms with Crippen molar-refractivity contribution in [1.82, 2.24) is 9.78 Å². The lowest BCUT2D eigenvalue weighted by molar-refractivity contribution is -0.118. The van der Waals surface area contributed by atoms with Crippen LogP contribution in [0.1, 0.15) is 54.2 Å². The van der Waals surface area contributed by atoms with Gasteiger partial charge < -0.3 is 15.7 Å². The number of hydrogen-bond donors (Lipinski definition) is 3. The molecule has 5 rings (SSSR count). The van der Waals surface area contributed by atoms with Crippen molar-refractivity contribution in [3.8, 4) is 5.75 Å². The molecular weight excluding hydrogens is 416 g/mol. The van der Waals surface area contributed by atoms with Crippen LogP contribution in [0.5, 0.6) is 5.75 Å². The van der Waals surface area contributed by atoms with Gasteiger partial charge in [-0.3, -0.25) is 9.59 Å². The fourth-order valence-electron chi connectivity index (χ4n) is 4.68. The average Bonchev–Trinajstić information content (AvgIpc) is 3.17. The highest BCUT2D eigenvalue weighted by Gasteiger charge is 2.42. The van der Waals surface area contributed by atoms with E-state index in [2.05, 4.69) is 29.6 Å². The minimum absolute atomic E-state index is 0.0682. The quantitative estimate of drug-likeness (QED) is 0.541. The highest BCUT2D eigenvalue weighted by atomic mass is 16.3. The van der Waals surface area contributed by atoms with Gasteiger partial charge in [0.15, 0.2) is 5.78 Å². The molecule has 0 spiro atoms. The van der Waals surface area contributed by atoms with Crippen LogP contribution >= 0.6 is 0 Å². The largest absolute Gasteiger partial charge is 0.508 e. The van der Waals surface area contributed by atoms with E-state index in [0.29, 0.717) is 35.5 Å². The number of carbonyl (C=O) groups is 2. The molecule has 33 heavy (non-hydrogen) atoms. The molecule has 168 valence electrons. The summed E-state index contributed by atoms with van der Waals surface area (Å²) in [6.45, 7) is 6.14. The third-order valence-corrected chi connectivity index (χ3v) is 6.27. The van der Waals surface area contributed by atoms with Gasteiger partial charge in [0, 0.05) is 23.4 Å².